The molecule has 0 unspecified atom stereocenters. The van der Waals surface area contributed by atoms with Crippen LogP contribution in [0.25, 0.3) is 5.57 Å². The SMILES string of the molecule is N=C(N)C(=C(N)N)c1ccccc1. The van der Waals surface area contributed by atoms with E-state index < -0.39 is 0 Å². The van der Waals surface area contributed by atoms with Gasteiger partial charge in [0.25, 0.3) is 0 Å². The van der Waals surface area contributed by atoms with E-state index in [4.69, 9.17) is 22.6 Å². The summed E-state index contributed by atoms with van der Waals surface area (Å²) in [6.45, 7) is 0. The van der Waals surface area contributed by atoms with Crippen LogP contribution >= 0.6 is 0 Å². The molecule has 0 saturated heterocycles. The van der Waals surface area contributed by atoms with E-state index in [9.17, 15) is 0 Å². The van der Waals surface area contributed by atoms with E-state index in [1.54, 1.807) is 12.1 Å². The zero-order valence-corrected chi connectivity index (χ0v) is 7.12. The van der Waals surface area contributed by atoms with Crippen molar-refractivity contribution in [1.82, 2.24) is 0 Å². The van der Waals surface area contributed by atoms with E-state index >= 15 is 0 Å². The minimum atomic E-state index is -0.119. The fourth-order valence-corrected chi connectivity index (χ4v) is 1.08. The van der Waals surface area contributed by atoms with E-state index in [2.05, 4.69) is 0 Å². The monoisotopic (exact) mass is 176 g/mol. The molecule has 4 nitrogen and oxygen atoms in total. The largest absolute Gasteiger partial charge is 0.385 e. The third-order valence-electron chi connectivity index (χ3n) is 1.62. The van der Waals surface area contributed by atoms with Crippen LogP contribution in [0.15, 0.2) is 36.2 Å². The highest BCUT2D eigenvalue weighted by atomic mass is 14.8. The molecule has 0 spiro atoms. The number of hydrogen-bond donors (Lipinski definition) is 4. The molecule has 0 aliphatic carbocycles. The maximum atomic E-state index is 7.28. The second-order valence-corrected chi connectivity index (χ2v) is 2.61. The summed E-state index contributed by atoms with van der Waals surface area (Å²) in [7, 11) is 0. The average Bonchev–Trinajstić information content (AvgIpc) is 2.04. The van der Waals surface area contributed by atoms with Crippen LogP contribution < -0.4 is 17.2 Å². The van der Waals surface area contributed by atoms with Crippen LogP contribution in [-0.4, -0.2) is 5.84 Å². The third kappa shape index (κ3) is 1.99. The average molecular weight is 176 g/mol. The Bertz CT molecular complexity index is 336. The predicted molar refractivity (Wildman–Crippen MR) is 53.7 cm³/mol. The topological polar surface area (TPSA) is 102 Å². The second kappa shape index (κ2) is 3.62. The van der Waals surface area contributed by atoms with Gasteiger partial charge in [-0.15, -0.1) is 0 Å². The molecule has 0 heterocycles. The Morgan fingerprint density at radius 1 is 1.00 bits per heavy atom. The van der Waals surface area contributed by atoms with Gasteiger partial charge in [0.2, 0.25) is 0 Å². The molecule has 4 heteroatoms. The summed E-state index contributed by atoms with van der Waals surface area (Å²) in [5.74, 6) is -0.0510. The van der Waals surface area contributed by atoms with Crippen molar-refractivity contribution in [2.24, 2.45) is 17.2 Å². The van der Waals surface area contributed by atoms with Crippen LogP contribution in [-0.2, 0) is 0 Å². The van der Waals surface area contributed by atoms with Gasteiger partial charge in [0.1, 0.15) is 11.7 Å². The normalized spacial score (nSPS) is 9.23. The summed E-state index contributed by atoms with van der Waals surface area (Å²) in [5.41, 5.74) is 17.3. The molecule has 7 N–H and O–H groups in total. The highest BCUT2D eigenvalue weighted by Crippen LogP contribution is 2.13. The molecule has 0 aliphatic rings. The lowest BCUT2D eigenvalue weighted by Crippen LogP contribution is -2.21. The number of rotatable bonds is 2. The summed E-state index contributed by atoms with van der Waals surface area (Å²) in [6.07, 6.45) is 0. The van der Waals surface area contributed by atoms with E-state index in [0.29, 0.717) is 5.57 Å². The summed E-state index contributed by atoms with van der Waals surface area (Å²) in [5, 5.41) is 7.28. The number of nitrogens with two attached hydrogens (primary N) is 3. The molecule has 0 aliphatic heterocycles. The van der Waals surface area contributed by atoms with Gasteiger partial charge in [0.15, 0.2) is 0 Å². The van der Waals surface area contributed by atoms with Gasteiger partial charge in [-0.2, -0.15) is 0 Å². The summed E-state index contributed by atoms with van der Waals surface area (Å²) in [4.78, 5) is 0. The molecule has 1 aromatic rings. The second-order valence-electron chi connectivity index (χ2n) is 2.61. The van der Waals surface area contributed by atoms with Gasteiger partial charge in [-0.25, -0.2) is 0 Å². The van der Waals surface area contributed by atoms with Crippen LogP contribution in [0.2, 0.25) is 0 Å². The molecule has 0 amide bonds. The first-order valence-corrected chi connectivity index (χ1v) is 3.78. The highest BCUT2D eigenvalue weighted by Gasteiger charge is 2.06. The molecule has 1 rings (SSSR count). The molecule has 0 saturated carbocycles. The van der Waals surface area contributed by atoms with Crippen LogP contribution in [0, 0.1) is 5.41 Å². The van der Waals surface area contributed by atoms with Crippen molar-refractivity contribution in [2.75, 3.05) is 0 Å². The fraction of sp³-hybridized carbons (Fsp3) is 0. The van der Waals surface area contributed by atoms with Crippen molar-refractivity contribution in [3.05, 3.63) is 41.7 Å². The predicted octanol–water partition coefficient (Wildman–Crippen LogP) is 0.209. The highest BCUT2D eigenvalue weighted by molar-refractivity contribution is 6.20. The van der Waals surface area contributed by atoms with Crippen molar-refractivity contribution in [3.8, 4) is 0 Å². The number of amidine groups is 1. The minimum absolute atomic E-state index is 0.0682. The quantitative estimate of drug-likeness (QED) is 0.382. The van der Waals surface area contributed by atoms with Gasteiger partial charge in [-0.1, -0.05) is 30.3 Å². The maximum absolute atomic E-state index is 7.28. The first kappa shape index (κ1) is 9.12. The van der Waals surface area contributed by atoms with Crippen LogP contribution in [0.3, 0.4) is 0 Å². The number of hydrogen-bond acceptors (Lipinski definition) is 3. The van der Waals surface area contributed by atoms with Crippen LogP contribution in [0.1, 0.15) is 5.56 Å². The molecular formula is C9H12N4. The van der Waals surface area contributed by atoms with E-state index in [0.717, 1.165) is 5.56 Å². The lowest BCUT2D eigenvalue weighted by molar-refractivity contribution is 1.25. The van der Waals surface area contributed by atoms with Crippen LogP contribution in [0.4, 0.5) is 0 Å². The van der Waals surface area contributed by atoms with Gasteiger partial charge in [0.05, 0.1) is 5.57 Å². The maximum Gasteiger partial charge on any atom is 0.127 e. The van der Waals surface area contributed by atoms with Crippen LogP contribution in [0.5, 0.6) is 0 Å². The molecule has 0 aromatic heterocycles. The summed E-state index contributed by atoms with van der Waals surface area (Å²) in [6, 6.07) is 9.14. The van der Waals surface area contributed by atoms with Gasteiger partial charge in [-0.05, 0) is 5.56 Å². The smallest absolute Gasteiger partial charge is 0.127 e. The Morgan fingerprint density at radius 2 is 1.54 bits per heavy atom. The van der Waals surface area contributed by atoms with Gasteiger partial charge < -0.3 is 17.2 Å². The van der Waals surface area contributed by atoms with Crippen molar-refractivity contribution < 1.29 is 0 Å². The van der Waals surface area contributed by atoms with E-state index in [-0.39, 0.29) is 11.7 Å². The summed E-state index contributed by atoms with van der Waals surface area (Å²) >= 11 is 0. The van der Waals surface area contributed by atoms with Gasteiger partial charge >= 0.3 is 0 Å². The lowest BCUT2D eigenvalue weighted by atomic mass is 10.1. The Labute approximate surface area is 76.5 Å². The third-order valence-corrected chi connectivity index (χ3v) is 1.62. The molecule has 0 fully saturated rings. The molecule has 68 valence electrons. The Kier molecular flexibility index (Phi) is 2.54. The zero-order valence-electron chi connectivity index (χ0n) is 7.12. The van der Waals surface area contributed by atoms with E-state index in [1.165, 1.54) is 0 Å². The standard InChI is InChI=1S/C9H12N4/c10-8(11)7(9(12)13)6-4-2-1-3-5-6/h1-5H,10-11H2,(H3,12,13). The van der Waals surface area contributed by atoms with Gasteiger partial charge in [0, 0.05) is 0 Å². The number of benzene rings is 1. The Balaban J connectivity index is 3.20. The summed E-state index contributed by atoms with van der Waals surface area (Å²) < 4.78 is 0. The molecule has 1 aromatic carbocycles. The minimum Gasteiger partial charge on any atom is -0.385 e. The number of nitrogens with one attached hydrogen (secondary N) is 1. The van der Waals surface area contributed by atoms with Gasteiger partial charge in [-0.3, -0.25) is 5.41 Å². The van der Waals surface area contributed by atoms with Crippen molar-refractivity contribution >= 4 is 11.4 Å². The Hall–Kier alpha value is -1.97. The van der Waals surface area contributed by atoms with Crippen molar-refractivity contribution in [3.63, 3.8) is 0 Å². The molecular weight excluding hydrogens is 164 g/mol. The van der Waals surface area contributed by atoms with Crippen molar-refractivity contribution in [1.29, 1.82) is 5.41 Å². The molecule has 0 atom stereocenters. The fourth-order valence-electron chi connectivity index (χ4n) is 1.08. The first-order valence-electron chi connectivity index (χ1n) is 3.78. The molecule has 0 radical (unpaired) electrons. The van der Waals surface area contributed by atoms with E-state index in [1.807, 2.05) is 18.2 Å². The molecule has 0 bridgehead atoms. The molecule has 13 heavy (non-hydrogen) atoms. The lowest BCUT2D eigenvalue weighted by Gasteiger charge is -2.06. The van der Waals surface area contributed by atoms with Crippen molar-refractivity contribution in [2.45, 2.75) is 0 Å². The zero-order chi connectivity index (χ0) is 9.84. The Morgan fingerprint density at radius 3 is 1.92 bits per heavy atom. The first-order chi connectivity index (χ1) is 6.13.